The molecule has 0 nitrogen and oxygen atoms in total. The second-order valence-electron chi connectivity index (χ2n) is 11.2. The first-order valence-electron chi connectivity index (χ1n) is 13.2. The topological polar surface area (TPSA) is 0 Å². The van der Waals surface area contributed by atoms with Crippen LogP contribution in [0, 0.1) is 6.92 Å². The predicted molar refractivity (Wildman–Crippen MR) is 159 cm³/mol. The van der Waals surface area contributed by atoms with E-state index in [9.17, 15) is 0 Å². The molecule has 5 aromatic carbocycles. The molecule has 0 unspecified atom stereocenters. The van der Waals surface area contributed by atoms with E-state index in [1.54, 1.807) is 0 Å². The minimum absolute atomic E-state index is 0.0444. The fourth-order valence-electron chi connectivity index (χ4n) is 5.32. The SMILES string of the molecule is Cc1ccc(-c2ccc(C(C)(C)c3ccccc3)cc2)c(-c2ccc(C(C)(C)c3ccccc3)cc2)c1. The smallest absolute Gasteiger partial charge is 0.0146 e. The largest absolute Gasteiger partial charge is 0.0622 e. The lowest BCUT2D eigenvalue weighted by molar-refractivity contribution is 0.641. The highest BCUT2D eigenvalue weighted by atomic mass is 14.3. The van der Waals surface area contributed by atoms with Gasteiger partial charge < -0.3 is 0 Å². The summed E-state index contributed by atoms with van der Waals surface area (Å²) >= 11 is 0. The monoisotopic (exact) mass is 480 g/mol. The van der Waals surface area contributed by atoms with Crippen LogP contribution in [0.15, 0.2) is 127 Å². The molecule has 0 spiro atoms. The molecule has 0 radical (unpaired) electrons. The Morgan fingerprint density at radius 3 is 1.19 bits per heavy atom. The van der Waals surface area contributed by atoms with Gasteiger partial charge in [0.1, 0.15) is 0 Å². The summed E-state index contributed by atoms with van der Waals surface area (Å²) in [5, 5.41) is 0. The second kappa shape index (κ2) is 9.87. The van der Waals surface area contributed by atoms with Crippen LogP contribution in [0.1, 0.15) is 55.5 Å². The van der Waals surface area contributed by atoms with E-state index in [2.05, 4.69) is 162 Å². The number of rotatable bonds is 6. The molecule has 0 aliphatic rings. The third-order valence-corrected chi connectivity index (χ3v) is 8.00. The van der Waals surface area contributed by atoms with Crippen molar-refractivity contribution in [3.05, 3.63) is 155 Å². The van der Waals surface area contributed by atoms with Gasteiger partial charge in [0.05, 0.1) is 0 Å². The van der Waals surface area contributed by atoms with Crippen LogP contribution in [0.3, 0.4) is 0 Å². The molecule has 0 N–H and O–H groups in total. The summed E-state index contributed by atoms with van der Waals surface area (Å²) in [5.74, 6) is 0. The van der Waals surface area contributed by atoms with Crippen LogP contribution in [0.25, 0.3) is 22.3 Å². The van der Waals surface area contributed by atoms with Crippen molar-refractivity contribution in [3.63, 3.8) is 0 Å². The number of benzene rings is 5. The molecule has 0 heterocycles. The summed E-state index contributed by atoms with van der Waals surface area (Å²) in [7, 11) is 0. The van der Waals surface area contributed by atoms with E-state index in [4.69, 9.17) is 0 Å². The van der Waals surface area contributed by atoms with Gasteiger partial charge >= 0.3 is 0 Å². The fraction of sp³-hybridized carbons (Fsp3) is 0.189. The third-order valence-electron chi connectivity index (χ3n) is 8.00. The van der Waals surface area contributed by atoms with Gasteiger partial charge in [-0.3, -0.25) is 0 Å². The third kappa shape index (κ3) is 4.89. The first kappa shape index (κ1) is 24.8. The van der Waals surface area contributed by atoms with Crippen LogP contribution < -0.4 is 0 Å². The molecule has 0 fully saturated rings. The summed E-state index contributed by atoms with van der Waals surface area (Å²) in [6, 6.07) is 46.6. The van der Waals surface area contributed by atoms with Gasteiger partial charge in [0.2, 0.25) is 0 Å². The maximum absolute atomic E-state index is 2.31. The van der Waals surface area contributed by atoms with E-state index in [0.717, 1.165) is 0 Å². The zero-order valence-electron chi connectivity index (χ0n) is 22.6. The zero-order valence-corrected chi connectivity index (χ0v) is 22.6. The van der Waals surface area contributed by atoms with Gasteiger partial charge in [0.25, 0.3) is 0 Å². The first-order chi connectivity index (χ1) is 17.8. The van der Waals surface area contributed by atoms with E-state index in [-0.39, 0.29) is 10.8 Å². The molecule has 0 saturated carbocycles. The van der Waals surface area contributed by atoms with Gasteiger partial charge in [-0.2, -0.15) is 0 Å². The molecular weight excluding hydrogens is 444 g/mol. The standard InChI is InChI=1S/C37H36/c1-27-16-25-34(28-17-21-32(22-18-28)36(2,3)30-12-8-6-9-13-30)35(26-27)29-19-23-33(24-20-29)37(4,5)31-14-10-7-11-15-31/h6-26H,1-5H3. The Balaban J connectivity index is 1.49. The molecular formula is C37H36. The van der Waals surface area contributed by atoms with Gasteiger partial charge in [0, 0.05) is 10.8 Å². The Hall–Kier alpha value is -3.90. The van der Waals surface area contributed by atoms with E-state index in [1.807, 2.05) is 0 Å². The number of hydrogen-bond donors (Lipinski definition) is 0. The summed E-state index contributed by atoms with van der Waals surface area (Å²) in [4.78, 5) is 0. The van der Waals surface area contributed by atoms with E-state index < -0.39 is 0 Å². The lowest BCUT2D eigenvalue weighted by Crippen LogP contribution is -2.18. The highest BCUT2D eigenvalue weighted by Gasteiger charge is 2.24. The quantitative estimate of drug-likeness (QED) is 0.227. The minimum Gasteiger partial charge on any atom is -0.0622 e. The van der Waals surface area contributed by atoms with E-state index >= 15 is 0 Å². The van der Waals surface area contributed by atoms with Gasteiger partial charge in [-0.15, -0.1) is 0 Å². The summed E-state index contributed by atoms with van der Waals surface area (Å²) in [6.07, 6.45) is 0. The van der Waals surface area contributed by atoms with Crippen molar-refractivity contribution in [2.75, 3.05) is 0 Å². The average molecular weight is 481 g/mol. The maximum atomic E-state index is 2.31. The van der Waals surface area contributed by atoms with Gasteiger partial charge in [-0.05, 0) is 51.4 Å². The van der Waals surface area contributed by atoms with Crippen LogP contribution in [0.4, 0.5) is 0 Å². The molecule has 184 valence electrons. The molecule has 5 aromatic rings. The molecule has 0 atom stereocenters. The van der Waals surface area contributed by atoms with Crippen molar-refractivity contribution in [3.8, 4) is 22.3 Å². The van der Waals surface area contributed by atoms with Gasteiger partial charge in [-0.1, -0.05) is 161 Å². The molecule has 0 heteroatoms. The summed E-state index contributed by atoms with van der Waals surface area (Å²) < 4.78 is 0. The molecule has 0 aliphatic carbocycles. The van der Waals surface area contributed by atoms with Crippen molar-refractivity contribution < 1.29 is 0 Å². The minimum atomic E-state index is -0.0450. The molecule has 0 saturated heterocycles. The molecule has 5 rings (SSSR count). The molecule has 0 aliphatic heterocycles. The Bertz CT molecular complexity index is 1470. The highest BCUT2D eigenvalue weighted by molar-refractivity contribution is 5.84. The van der Waals surface area contributed by atoms with Gasteiger partial charge in [0.15, 0.2) is 0 Å². The lowest BCUT2D eigenvalue weighted by atomic mass is 9.77. The Kier molecular flexibility index (Phi) is 6.61. The van der Waals surface area contributed by atoms with E-state index in [0.29, 0.717) is 0 Å². The van der Waals surface area contributed by atoms with Crippen LogP contribution in [0.5, 0.6) is 0 Å². The summed E-state index contributed by atoms with van der Waals surface area (Å²) in [6.45, 7) is 11.4. The number of aryl methyl sites for hydroxylation is 1. The Morgan fingerprint density at radius 1 is 0.378 bits per heavy atom. The molecule has 0 aromatic heterocycles. The zero-order chi connectivity index (χ0) is 26.0. The predicted octanol–water partition coefficient (Wildman–Crippen LogP) is 9.98. The Labute approximate surface area is 222 Å². The Morgan fingerprint density at radius 2 is 0.757 bits per heavy atom. The summed E-state index contributed by atoms with van der Waals surface area (Å²) in [5.41, 5.74) is 11.5. The van der Waals surface area contributed by atoms with Crippen molar-refractivity contribution in [1.82, 2.24) is 0 Å². The van der Waals surface area contributed by atoms with Crippen LogP contribution in [0.2, 0.25) is 0 Å². The average Bonchev–Trinajstić information content (AvgIpc) is 2.94. The van der Waals surface area contributed by atoms with Crippen LogP contribution in [-0.2, 0) is 10.8 Å². The first-order valence-corrected chi connectivity index (χ1v) is 13.2. The van der Waals surface area contributed by atoms with Gasteiger partial charge in [-0.25, -0.2) is 0 Å². The number of hydrogen-bond acceptors (Lipinski definition) is 0. The normalized spacial score (nSPS) is 11.9. The van der Waals surface area contributed by atoms with Crippen LogP contribution in [-0.4, -0.2) is 0 Å². The van der Waals surface area contributed by atoms with Crippen LogP contribution >= 0.6 is 0 Å². The van der Waals surface area contributed by atoms with Crippen molar-refractivity contribution in [2.45, 2.75) is 45.4 Å². The maximum Gasteiger partial charge on any atom is 0.0146 e. The molecule has 37 heavy (non-hydrogen) atoms. The molecule has 0 bridgehead atoms. The highest BCUT2D eigenvalue weighted by Crippen LogP contribution is 2.38. The second-order valence-corrected chi connectivity index (χ2v) is 11.2. The van der Waals surface area contributed by atoms with Crippen molar-refractivity contribution >= 4 is 0 Å². The van der Waals surface area contributed by atoms with Crippen molar-refractivity contribution in [1.29, 1.82) is 0 Å². The molecule has 0 amide bonds. The van der Waals surface area contributed by atoms with Crippen molar-refractivity contribution in [2.24, 2.45) is 0 Å². The fourth-order valence-corrected chi connectivity index (χ4v) is 5.32. The van der Waals surface area contributed by atoms with E-state index in [1.165, 1.54) is 50.1 Å². The lowest BCUT2D eigenvalue weighted by Gasteiger charge is -2.27.